The molecule has 0 atom stereocenters. The number of hydrogen-bond acceptors (Lipinski definition) is 6. The van der Waals surface area contributed by atoms with Gasteiger partial charge in [0.1, 0.15) is 0 Å². The molecule has 16 heavy (non-hydrogen) atoms. The molecular weight excluding hydrogens is 230 g/mol. The van der Waals surface area contributed by atoms with Crippen molar-refractivity contribution in [1.82, 2.24) is 10.8 Å². The lowest BCUT2D eigenvalue weighted by atomic mass is 10.3. The first kappa shape index (κ1) is 15.8. The molecule has 0 aromatic heterocycles. The standard InChI is InChI=1S/C9H23N3O3S/c1-2-3-4-9-16(13,14)15-12-8-7-11-6-5-10/h11-12H,2-10H2,1H3. The largest absolute Gasteiger partial charge is 0.329 e. The van der Waals surface area contributed by atoms with E-state index in [4.69, 9.17) is 5.73 Å². The zero-order valence-electron chi connectivity index (χ0n) is 9.87. The minimum Gasteiger partial charge on any atom is -0.329 e. The smallest absolute Gasteiger partial charge is 0.283 e. The molecule has 0 rings (SSSR count). The Balaban J connectivity index is 3.43. The number of rotatable bonds is 11. The average Bonchev–Trinajstić information content (AvgIpc) is 2.23. The summed E-state index contributed by atoms with van der Waals surface area (Å²) in [6.45, 7) is 4.37. The lowest BCUT2D eigenvalue weighted by molar-refractivity contribution is 0.204. The van der Waals surface area contributed by atoms with E-state index in [1.54, 1.807) is 0 Å². The van der Waals surface area contributed by atoms with Crippen molar-refractivity contribution in [3.63, 3.8) is 0 Å². The first-order chi connectivity index (χ1) is 7.62. The quantitative estimate of drug-likeness (QED) is 0.342. The maximum absolute atomic E-state index is 11.3. The fourth-order valence-electron chi connectivity index (χ4n) is 1.07. The molecule has 6 nitrogen and oxygen atoms in total. The minimum atomic E-state index is -3.41. The molecule has 98 valence electrons. The highest BCUT2D eigenvalue weighted by molar-refractivity contribution is 7.86. The molecule has 0 heterocycles. The maximum Gasteiger partial charge on any atom is 0.283 e. The second-order valence-electron chi connectivity index (χ2n) is 3.49. The summed E-state index contributed by atoms with van der Waals surface area (Å²) in [5.74, 6) is 0.0735. The Morgan fingerprint density at radius 2 is 1.94 bits per heavy atom. The van der Waals surface area contributed by atoms with Gasteiger partial charge in [0.25, 0.3) is 10.1 Å². The molecule has 0 aliphatic heterocycles. The Hall–Kier alpha value is -0.210. The Labute approximate surface area is 98.0 Å². The molecule has 0 spiro atoms. The topological polar surface area (TPSA) is 93.5 Å². The van der Waals surface area contributed by atoms with Crippen molar-refractivity contribution in [3.8, 4) is 0 Å². The maximum atomic E-state index is 11.3. The number of nitrogens with one attached hydrogen (secondary N) is 2. The highest BCUT2D eigenvalue weighted by atomic mass is 32.2. The molecule has 0 fully saturated rings. The summed E-state index contributed by atoms with van der Waals surface area (Å²) in [7, 11) is -3.41. The summed E-state index contributed by atoms with van der Waals surface area (Å²) in [6, 6.07) is 0. The van der Waals surface area contributed by atoms with Crippen molar-refractivity contribution < 1.29 is 12.7 Å². The second-order valence-corrected chi connectivity index (χ2v) is 5.18. The van der Waals surface area contributed by atoms with Gasteiger partial charge < -0.3 is 11.1 Å². The van der Waals surface area contributed by atoms with Gasteiger partial charge in [-0.2, -0.15) is 18.2 Å². The van der Waals surface area contributed by atoms with Gasteiger partial charge in [0, 0.05) is 26.2 Å². The van der Waals surface area contributed by atoms with Crippen molar-refractivity contribution in [2.75, 3.05) is 31.9 Å². The first-order valence-electron chi connectivity index (χ1n) is 5.67. The molecule has 0 bridgehead atoms. The molecule has 0 radical (unpaired) electrons. The summed E-state index contributed by atoms with van der Waals surface area (Å²) in [5.41, 5.74) is 7.69. The third-order valence-electron chi connectivity index (χ3n) is 1.91. The van der Waals surface area contributed by atoms with Gasteiger partial charge in [-0.1, -0.05) is 19.8 Å². The lowest BCUT2D eigenvalue weighted by Gasteiger charge is -2.06. The molecule has 0 aliphatic carbocycles. The highest BCUT2D eigenvalue weighted by Crippen LogP contribution is 1.99. The van der Waals surface area contributed by atoms with Gasteiger partial charge in [0.05, 0.1) is 5.75 Å². The Morgan fingerprint density at radius 1 is 1.19 bits per heavy atom. The van der Waals surface area contributed by atoms with Crippen molar-refractivity contribution in [1.29, 1.82) is 0 Å². The van der Waals surface area contributed by atoms with Crippen LogP contribution in [0.3, 0.4) is 0 Å². The van der Waals surface area contributed by atoms with Crippen molar-refractivity contribution in [2.24, 2.45) is 5.73 Å². The third-order valence-corrected chi connectivity index (χ3v) is 3.07. The van der Waals surface area contributed by atoms with Crippen molar-refractivity contribution >= 4 is 10.1 Å². The van der Waals surface area contributed by atoms with Gasteiger partial charge in [-0.3, -0.25) is 0 Å². The lowest BCUT2D eigenvalue weighted by Crippen LogP contribution is -2.32. The van der Waals surface area contributed by atoms with Gasteiger partial charge in [-0.05, 0) is 6.42 Å². The predicted octanol–water partition coefficient (Wildman–Crippen LogP) is -0.424. The third kappa shape index (κ3) is 10.3. The SMILES string of the molecule is CCCCCS(=O)(=O)ONCCNCCN. The molecular formula is C9H23N3O3S. The first-order valence-corrected chi connectivity index (χ1v) is 7.25. The number of unbranched alkanes of at least 4 members (excludes halogenated alkanes) is 2. The van der Waals surface area contributed by atoms with Crippen molar-refractivity contribution in [2.45, 2.75) is 26.2 Å². The van der Waals surface area contributed by atoms with Crippen LogP contribution >= 0.6 is 0 Å². The van der Waals surface area contributed by atoms with Gasteiger partial charge in [-0.25, -0.2) is 0 Å². The molecule has 4 N–H and O–H groups in total. The molecule has 0 aromatic carbocycles. The van der Waals surface area contributed by atoms with E-state index < -0.39 is 10.1 Å². The van der Waals surface area contributed by atoms with Gasteiger partial charge in [0.15, 0.2) is 0 Å². The van der Waals surface area contributed by atoms with Crippen LogP contribution in [0.4, 0.5) is 0 Å². The number of hydroxylamine groups is 1. The Morgan fingerprint density at radius 3 is 2.56 bits per heavy atom. The van der Waals surface area contributed by atoms with Crippen LogP contribution in [-0.2, 0) is 14.4 Å². The second kappa shape index (κ2) is 9.98. The average molecular weight is 253 g/mol. The van der Waals surface area contributed by atoms with Crippen LogP contribution in [0.2, 0.25) is 0 Å². The van der Waals surface area contributed by atoms with Gasteiger partial charge in [0.2, 0.25) is 0 Å². The van der Waals surface area contributed by atoms with Crippen LogP contribution < -0.4 is 16.5 Å². The fraction of sp³-hybridized carbons (Fsp3) is 1.00. The summed E-state index contributed by atoms with van der Waals surface area (Å²) in [6.07, 6.45) is 2.54. The van der Waals surface area contributed by atoms with Crippen molar-refractivity contribution in [3.05, 3.63) is 0 Å². The van der Waals surface area contributed by atoms with Crippen LogP contribution in [0.15, 0.2) is 0 Å². The summed E-state index contributed by atoms with van der Waals surface area (Å²) in [5, 5.41) is 3.01. The number of nitrogens with two attached hydrogens (primary N) is 1. The predicted molar refractivity (Wildman–Crippen MR) is 64.3 cm³/mol. The highest BCUT2D eigenvalue weighted by Gasteiger charge is 2.09. The summed E-state index contributed by atoms with van der Waals surface area (Å²) >= 11 is 0. The van der Waals surface area contributed by atoms with E-state index in [1.165, 1.54) is 0 Å². The molecule has 7 heteroatoms. The van der Waals surface area contributed by atoms with Crippen LogP contribution in [0.5, 0.6) is 0 Å². The number of hydrogen-bond donors (Lipinski definition) is 3. The van der Waals surface area contributed by atoms with Crippen LogP contribution in [-0.4, -0.2) is 40.3 Å². The van der Waals surface area contributed by atoms with Gasteiger partial charge >= 0.3 is 0 Å². The molecule has 0 saturated carbocycles. The molecule has 0 unspecified atom stereocenters. The van der Waals surface area contributed by atoms with E-state index in [9.17, 15) is 8.42 Å². The summed E-state index contributed by atoms with van der Waals surface area (Å²) in [4.78, 5) is 0. The van der Waals surface area contributed by atoms with E-state index in [0.29, 0.717) is 32.6 Å². The fourth-order valence-corrected chi connectivity index (χ4v) is 1.97. The van der Waals surface area contributed by atoms with E-state index in [-0.39, 0.29) is 5.75 Å². The summed E-state index contributed by atoms with van der Waals surface area (Å²) < 4.78 is 27.1. The monoisotopic (exact) mass is 253 g/mol. The molecule has 0 aromatic rings. The molecule has 0 aliphatic rings. The normalized spacial score (nSPS) is 11.9. The Kier molecular flexibility index (Phi) is 9.85. The zero-order chi connectivity index (χ0) is 12.3. The van der Waals surface area contributed by atoms with E-state index in [0.717, 1.165) is 12.8 Å². The van der Waals surface area contributed by atoms with E-state index in [1.807, 2.05) is 6.92 Å². The zero-order valence-corrected chi connectivity index (χ0v) is 10.7. The minimum absolute atomic E-state index is 0.0735. The van der Waals surface area contributed by atoms with Crippen LogP contribution in [0, 0.1) is 0 Å². The molecule has 0 saturated heterocycles. The Bertz CT molecular complexity index is 244. The van der Waals surface area contributed by atoms with E-state index in [2.05, 4.69) is 15.1 Å². The van der Waals surface area contributed by atoms with Gasteiger partial charge in [-0.15, -0.1) is 0 Å². The van der Waals surface area contributed by atoms with Crippen LogP contribution in [0.1, 0.15) is 26.2 Å². The van der Waals surface area contributed by atoms with E-state index >= 15 is 0 Å². The molecule has 0 amide bonds. The van der Waals surface area contributed by atoms with Crippen LogP contribution in [0.25, 0.3) is 0 Å².